The van der Waals surface area contributed by atoms with E-state index in [0.717, 1.165) is 75.8 Å². The highest BCUT2D eigenvalue weighted by molar-refractivity contribution is 5.77. The van der Waals surface area contributed by atoms with Gasteiger partial charge in [0.25, 0.3) is 0 Å². The average Bonchev–Trinajstić information content (AvgIpc) is 3.10. The summed E-state index contributed by atoms with van der Waals surface area (Å²) in [4.78, 5) is 19.2. The van der Waals surface area contributed by atoms with Crippen molar-refractivity contribution in [3.8, 4) is 0 Å². The molecular formula is C25H34F3N5O2. The molecule has 35 heavy (non-hydrogen) atoms. The molecule has 2 aromatic rings. The number of aryl methyl sites for hydroxylation is 2. The Morgan fingerprint density at radius 2 is 1.91 bits per heavy atom. The Balaban J connectivity index is 1.16. The Bertz CT molecular complexity index is 986. The van der Waals surface area contributed by atoms with Crippen LogP contribution in [-0.4, -0.2) is 57.8 Å². The summed E-state index contributed by atoms with van der Waals surface area (Å²) in [7, 11) is 0. The number of hydrogen-bond donors (Lipinski definition) is 1. The van der Waals surface area contributed by atoms with Crippen LogP contribution in [0.5, 0.6) is 0 Å². The molecule has 1 saturated carbocycles. The zero-order valence-electron chi connectivity index (χ0n) is 20.2. The maximum Gasteiger partial charge on any atom is 0.389 e. The maximum absolute atomic E-state index is 12.5. The number of aromatic nitrogens is 3. The molecule has 3 heterocycles. The van der Waals surface area contributed by atoms with E-state index in [4.69, 9.17) is 4.42 Å². The minimum Gasteiger partial charge on any atom is -0.425 e. The molecule has 2 aromatic heterocycles. The third-order valence-corrected chi connectivity index (χ3v) is 7.10. The molecule has 7 nitrogen and oxygen atoms in total. The van der Waals surface area contributed by atoms with Crippen molar-refractivity contribution >= 4 is 5.91 Å². The second-order valence-electron chi connectivity index (χ2n) is 9.83. The summed E-state index contributed by atoms with van der Waals surface area (Å²) < 4.78 is 42.9. The minimum atomic E-state index is -4.15. The van der Waals surface area contributed by atoms with Crippen LogP contribution < -0.4 is 5.32 Å². The number of hydrogen-bond acceptors (Lipinski definition) is 6. The van der Waals surface area contributed by atoms with Crippen LogP contribution in [-0.2, 0) is 30.5 Å². The van der Waals surface area contributed by atoms with Gasteiger partial charge in [0, 0.05) is 50.3 Å². The van der Waals surface area contributed by atoms with Gasteiger partial charge >= 0.3 is 6.18 Å². The number of amides is 1. The van der Waals surface area contributed by atoms with Crippen molar-refractivity contribution in [3.05, 3.63) is 40.9 Å². The number of rotatable bonds is 8. The molecule has 1 aliphatic heterocycles. The first-order valence-corrected chi connectivity index (χ1v) is 12.6. The lowest BCUT2D eigenvalue weighted by Gasteiger charge is -2.30. The van der Waals surface area contributed by atoms with E-state index in [9.17, 15) is 18.0 Å². The molecule has 1 fully saturated rings. The Hall–Kier alpha value is -2.49. The topological polar surface area (TPSA) is 84.2 Å². The molecule has 1 amide bonds. The summed E-state index contributed by atoms with van der Waals surface area (Å²) >= 11 is 0. The van der Waals surface area contributed by atoms with Crippen LogP contribution in [0.3, 0.4) is 0 Å². The molecule has 1 aliphatic carbocycles. The molecule has 0 unspecified atom stereocenters. The maximum atomic E-state index is 12.5. The lowest BCUT2D eigenvalue weighted by molar-refractivity contribution is -0.134. The quantitative estimate of drug-likeness (QED) is 0.599. The molecule has 2 aliphatic rings. The fourth-order valence-electron chi connectivity index (χ4n) is 5.09. The first-order chi connectivity index (χ1) is 16.7. The third kappa shape index (κ3) is 8.02. The van der Waals surface area contributed by atoms with Gasteiger partial charge in [-0.05, 0) is 69.0 Å². The Morgan fingerprint density at radius 3 is 2.63 bits per heavy atom. The van der Waals surface area contributed by atoms with Crippen molar-refractivity contribution in [2.75, 3.05) is 19.6 Å². The van der Waals surface area contributed by atoms with E-state index in [0.29, 0.717) is 23.4 Å². The number of pyridine rings is 1. The predicted octanol–water partition coefficient (Wildman–Crippen LogP) is 3.98. The summed E-state index contributed by atoms with van der Waals surface area (Å²) in [5.41, 5.74) is 2.65. The van der Waals surface area contributed by atoms with E-state index >= 15 is 0 Å². The van der Waals surface area contributed by atoms with Crippen molar-refractivity contribution in [1.82, 2.24) is 25.4 Å². The number of nitrogens with zero attached hydrogens (tertiary/aromatic N) is 4. The largest absolute Gasteiger partial charge is 0.425 e. The molecule has 4 rings (SSSR count). The van der Waals surface area contributed by atoms with Crippen LogP contribution in [0.25, 0.3) is 0 Å². The van der Waals surface area contributed by atoms with Gasteiger partial charge in [-0.15, -0.1) is 10.2 Å². The number of carbonyl (C=O) groups excluding carboxylic acids is 1. The van der Waals surface area contributed by atoms with Crippen molar-refractivity contribution in [2.45, 2.75) is 83.4 Å². The highest BCUT2D eigenvalue weighted by Gasteiger charge is 2.27. The Kier molecular flexibility index (Phi) is 8.41. The van der Waals surface area contributed by atoms with Crippen molar-refractivity contribution in [2.24, 2.45) is 5.92 Å². The zero-order chi connectivity index (χ0) is 24.8. The van der Waals surface area contributed by atoms with Gasteiger partial charge in [-0.3, -0.25) is 9.78 Å². The number of halogens is 3. The number of nitrogens with one attached hydrogen (secondary N) is 1. The van der Waals surface area contributed by atoms with Gasteiger partial charge in [-0.25, -0.2) is 0 Å². The second kappa shape index (κ2) is 11.5. The monoisotopic (exact) mass is 493 g/mol. The molecule has 0 saturated heterocycles. The number of alkyl halides is 3. The van der Waals surface area contributed by atoms with Crippen molar-refractivity contribution in [3.63, 3.8) is 0 Å². The Morgan fingerprint density at radius 1 is 1.14 bits per heavy atom. The van der Waals surface area contributed by atoms with Crippen LogP contribution >= 0.6 is 0 Å². The highest BCUT2D eigenvalue weighted by atomic mass is 19.4. The lowest BCUT2D eigenvalue weighted by atomic mass is 9.84. The average molecular weight is 494 g/mol. The molecule has 0 atom stereocenters. The first kappa shape index (κ1) is 25.6. The summed E-state index contributed by atoms with van der Waals surface area (Å²) in [6, 6.07) is 3.92. The molecule has 0 spiro atoms. The predicted molar refractivity (Wildman–Crippen MR) is 124 cm³/mol. The van der Waals surface area contributed by atoms with Gasteiger partial charge in [-0.1, -0.05) is 6.07 Å². The van der Waals surface area contributed by atoms with Crippen molar-refractivity contribution < 1.29 is 22.4 Å². The fraction of sp³-hybridized carbons (Fsp3) is 0.680. The minimum absolute atomic E-state index is 0.0553. The summed E-state index contributed by atoms with van der Waals surface area (Å²) in [5, 5.41) is 10.7. The zero-order valence-corrected chi connectivity index (χ0v) is 20.2. The van der Waals surface area contributed by atoms with E-state index in [1.54, 1.807) is 13.0 Å². The summed E-state index contributed by atoms with van der Waals surface area (Å²) in [5.74, 6) is 1.39. The van der Waals surface area contributed by atoms with Gasteiger partial charge in [0.05, 0.1) is 0 Å². The van der Waals surface area contributed by atoms with Crippen LogP contribution in [0.2, 0.25) is 0 Å². The summed E-state index contributed by atoms with van der Waals surface area (Å²) in [6.45, 7) is 4.57. The number of fused-ring (bicyclic) bond motifs is 1. The molecule has 0 aromatic carbocycles. The van der Waals surface area contributed by atoms with E-state index in [-0.39, 0.29) is 24.8 Å². The molecule has 1 N–H and O–H groups in total. The van der Waals surface area contributed by atoms with Gasteiger partial charge in [-0.2, -0.15) is 13.2 Å². The van der Waals surface area contributed by atoms with Crippen LogP contribution in [0, 0.1) is 12.8 Å². The van der Waals surface area contributed by atoms with E-state index in [1.165, 1.54) is 0 Å². The Labute approximate surface area is 203 Å². The van der Waals surface area contributed by atoms with Crippen LogP contribution in [0.4, 0.5) is 13.2 Å². The van der Waals surface area contributed by atoms with Crippen LogP contribution in [0.15, 0.2) is 16.5 Å². The van der Waals surface area contributed by atoms with Gasteiger partial charge in [0.2, 0.25) is 17.7 Å². The fourth-order valence-corrected chi connectivity index (χ4v) is 5.09. The van der Waals surface area contributed by atoms with E-state index in [2.05, 4.69) is 25.4 Å². The molecule has 0 bridgehead atoms. The molecule has 10 heteroatoms. The normalized spacial score (nSPS) is 21.4. The lowest BCUT2D eigenvalue weighted by Crippen LogP contribution is -2.39. The number of carbonyl (C=O) groups is 1. The van der Waals surface area contributed by atoms with Crippen LogP contribution in [0.1, 0.15) is 67.3 Å². The SMILES string of the molecule is Cc1nnc(CC(=O)NC2CCC(CCN3CCc4ccc(CCC(F)(F)F)nc4CC3)CC2)o1. The third-order valence-electron chi connectivity index (χ3n) is 7.10. The molecule has 0 radical (unpaired) electrons. The molecule has 192 valence electrons. The van der Waals surface area contributed by atoms with Crippen molar-refractivity contribution in [1.29, 1.82) is 0 Å². The summed E-state index contributed by atoms with van der Waals surface area (Å²) in [6.07, 6.45) is 2.06. The molecular weight excluding hydrogens is 459 g/mol. The van der Waals surface area contributed by atoms with Gasteiger partial charge in [0.15, 0.2) is 0 Å². The van der Waals surface area contributed by atoms with Gasteiger partial charge in [0.1, 0.15) is 6.42 Å². The van der Waals surface area contributed by atoms with E-state index in [1.807, 2.05) is 6.07 Å². The van der Waals surface area contributed by atoms with E-state index < -0.39 is 12.6 Å². The first-order valence-electron chi connectivity index (χ1n) is 12.6. The standard InChI is InChI=1S/C25H34F3N5O2/c1-17-31-32-24(35-17)16-23(34)30-20-5-2-18(3-6-20)9-13-33-14-10-19-4-7-21(8-12-25(26,27)28)29-22(19)11-15-33/h4,7,18,20H,2-3,5-6,8-16H2,1H3,(H,30,34). The smallest absolute Gasteiger partial charge is 0.389 e. The van der Waals surface area contributed by atoms with Gasteiger partial charge < -0.3 is 14.6 Å². The highest BCUT2D eigenvalue weighted by Crippen LogP contribution is 2.28. The second-order valence-corrected chi connectivity index (χ2v) is 9.83.